The number of nitrogens with one attached hydrogen (secondary N) is 1. The molecule has 2 aliphatic rings. The van der Waals surface area contributed by atoms with Crippen LogP contribution in [0.25, 0.3) is 0 Å². The molecule has 1 atom stereocenters. The minimum absolute atomic E-state index is 0.0808. The highest BCUT2D eigenvalue weighted by molar-refractivity contribution is 6.30. The number of benzene rings is 2. The van der Waals surface area contributed by atoms with Gasteiger partial charge in [-0.3, -0.25) is 14.6 Å². The number of carbonyl (C=O) groups is 1. The monoisotopic (exact) mass is 385 g/mol. The van der Waals surface area contributed by atoms with Crippen molar-refractivity contribution in [3.8, 4) is 5.75 Å². The molecule has 27 heavy (non-hydrogen) atoms. The smallest absolute Gasteiger partial charge is 0.242 e. The number of ether oxygens (including phenoxy) is 1. The molecule has 0 radical (unpaired) electrons. The van der Waals surface area contributed by atoms with Crippen LogP contribution in [-0.4, -0.2) is 55.0 Å². The molecule has 1 fully saturated rings. The normalized spacial score (nSPS) is 20.8. The van der Waals surface area contributed by atoms with Crippen molar-refractivity contribution in [1.29, 1.82) is 0 Å². The number of hydrogen-bond donors (Lipinski definition) is 1. The Morgan fingerprint density at radius 3 is 2.70 bits per heavy atom. The topological polar surface area (TPSA) is 44.8 Å². The summed E-state index contributed by atoms with van der Waals surface area (Å²) in [4.78, 5) is 17.2. The lowest BCUT2D eigenvalue weighted by atomic mass is 9.97. The first-order valence-corrected chi connectivity index (χ1v) is 9.69. The number of anilines is 1. The van der Waals surface area contributed by atoms with Gasteiger partial charge in [0.1, 0.15) is 5.75 Å². The molecule has 4 rings (SSSR count). The maximum atomic E-state index is 12.6. The summed E-state index contributed by atoms with van der Waals surface area (Å²) in [6.07, 6.45) is 0.782. The first-order chi connectivity index (χ1) is 13.1. The third-order valence-electron chi connectivity index (χ3n) is 5.48. The van der Waals surface area contributed by atoms with Gasteiger partial charge in [-0.15, -0.1) is 0 Å². The molecule has 142 valence electrons. The maximum absolute atomic E-state index is 12.6. The number of methoxy groups -OCH3 is 1. The van der Waals surface area contributed by atoms with Gasteiger partial charge in [0.2, 0.25) is 5.91 Å². The fraction of sp³-hybridized carbons (Fsp3) is 0.381. The summed E-state index contributed by atoms with van der Waals surface area (Å²) in [5.74, 6) is 0.976. The average molecular weight is 386 g/mol. The van der Waals surface area contributed by atoms with Crippen molar-refractivity contribution in [3.63, 3.8) is 0 Å². The van der Waals surface area contributed by atoms with Crippen molar-refractivity contribution < 1.29 is 9.53 Å². The number of hydrogen-bond acceptors (Lipinski definition) is 4. The van der Waals surface area contributed by atoms with Gasteiger partial charge in [0.25, 0.3) is 0 Å². The Morgan fingerprint density at radius 1 is 1.15 bits per heavy atom. The summed E-state index contributed by atoms with van der Waals surface area (Å²) in [5.41, 5.74) is 3.27. The summed E-state index contributed by atoms with van der Waals surface area (Å²) in [6.45, 7) is 4.39. The zero-order valence-electron chi connectivity index (χ0n) is 15.5. The summed E-state index contributed by atoms with van der Waals surface area (Å²) >= 11 is 6.15. The fourth-order valence-corrected chi connectivity index (χ4v) is 4.17. The van der Waals surface area contributed by atoms with E-state index in [-0.39, 0.29) is 11.9 Å². The molecule has 5 nitrogen and oxygen atoms in total. The molecule has 0 aromatic heterocycles. The molecule has 1 amide bonds. The molecule has 0 bridgehead atoms. The lowest BCUT2D eigenvalue weighted by molar-refractivity contribution is -0.122. The van der Waals surface area contributed by atoms with Crippen molar-refractivity contribution in [2.75, 3.05) is 38.6 Å². The Labute approximate surface area is 164 Å². The number of para-hydroxylation sites is 1. The van der Waals surface area contributed by atoms with Gasteiger partial charge in [-0.2, -0.15) is 0 Å². The number of fused-ring (bicyclic) bond motifs is 1. The van der Waals surface area contributed by atoms with E-state index in [0.29, 0.717) is 0 Å². The first-order valence-electron chi connectivity index (χ1n) is 9.31. The number of halogens is 1. The number of nitrogens with zero attached hydrogens (tertiary/aromatic N) is 2. The van der Waals surface area contributed by atoms with Crippen molar-refractivity contribution in [3.05, 3.63) is 58.6 Å². The third kappa shape index (κ3) is 3.95. The van der Waals surface area contributed by atoms with Gasteiger partial charge in [-0.05, 0) is 36.2 Å². The molecule has 2 aliphatic heterocycles. The Kier molecular flexibility index (Phi) is 5.34. The largest absolute Gasteiger partial charge is 0.496 e. The molecule has 2 heterocycles. The van der Waals surface area contributed by atoms with Crippen LogP contribution in [0.1, 0.15) is 11.1 Å². The van der Waals surface area contributed by atoms with Crippen LogP contribution in [0, 0.1) is 0 Å². The molecule has 6 heteroatoms. The van der Waals surface area contributed by atoms with Crippen LogP contribution >= 0.6 is 11.6 Å². The van der Waals surface area contributed by atoms with E-state index in [1.807, 2.05) is 36.4 Å². The lowest BCUT2D eigenvalue weighted by Gasteiger charge is -2.40. The predicted octanol–water partition coefficient (Wildman–Crippen LogP) is 3.03. The predicted molar refractivity (Wildman–Crippen MR) is 107 cm³/mol. The molecule has 1 N–H and O–H groups in total. The molecule has 0 spiro atoms. The molecule has 0 saturated carbocycles. The standard InChI is InChI=1S/C21H24ClN3O2/c1-27-20-7-6-17(22)12-16(20)14-24-8-10-25(11-9-24)19-13-15-4-2-3-5-18(15)23-21(19)26/h2-7,12,19H,8-11,13-14H2,1H3,(H,23,26). The Morgan fingerprint density at radius 2 is 1.93 bits per heavy atom. The van der Waals surface area contributed by atoms with Crippen LogP contribution in [0.5, 0.6) is 5.75 Å². The van der Waals surface area contributed by atoms with Crippen molar-refractivity contribution in [2.24, 2.45) is 0 Å². The van der Waals surface area contributed by atoms with E-state index in [4.69, 9.17) is 16.3 Å². The van der Waals surface area contributed by atoms with Gasteiger partial charge in [0, 0.05) is 49.0 Å². The van der Waals surface area contributed by atoms with Gasteiger partial charge < -0.3 is 10.1 Å². The Balaban J connectivity index is 1.38. The number of piperazine rings is 1. The molecule has 1 saturated heterocycles. The zero-order chi connectivity index (χ0) is 18.8. The molecule has 1 unspecified atom stereocenters. The second-order valence-corrected chi connectivity index (χ2v) is 7.57. The highest BCUT2D eigenvalue weighted by Gasteiger charge is 2.33. The van der Waals surface area contributed by atoms with E-state index in [9.17, 15) is 4.79 Å². The van der Waals surface area contributed by atoms with Gasteiger partial charge >= 0.3 is 0 Å². The quantitative estimate of drug-likeness (QED) is 0.878. The number of amides is 1. The number of carbonyl (C=O) groups excluding carboxylic acids is 1. The van der Waals surface area contributed by atoms with Gasteiger partial charge in [0.15, 0.2) is 0 Å². The minimum atomic E-state index is -0.0808. The Hall–Kier alpha value is -2.08. The summed E-state index contributed by atoms with van der Waals surface area (Å²) in [7, 11) is 1.68. The van der Waals surface area contributed by atoms with Crippen LogP contribution in [0.3, 0.4) is 0 Å². The second-order valence-electron chi connectivity index (χ2n) is 7.13. The summed E-state index contributed by atoms with van der Waals surface area (Å²) in [5, 5.41) is 3.78. The van der Waals surface area contributed by atoms with Gasteiger partial charge in [0.05, 0.1) is 13.2 Å². The molecule has 2 aromatic rings. The molecular weight excluding hydrogens is 362 g/mol. The second kappa shape index (κ2) is 7.89. The van der Waals surface area contributed by atoms with E-state index < -0.39 is 0 Å². The van der Waals surface area contributed by atoms with Crippen molar-refractivity contribution in [1.82, 2.24) is 9.80 Å². The first kappa shape index (κ1) is 18.3. The van der Waals surface area contributed by atoms with Crippen molar-refractivity contribution in [2.45, 2.75) is 19.0 Å². The van der Waals surface area contributed by atoms with E-state index in [2.05, 4.69) is 21.2 Å². The molecule has 0 aliphatic carbocycles. The number of rotatable bonds is 4. The van der Waals surface area contributed by atoms with E-state index >= 15 is 0 Å². The van der Waals surface area contributed by atoms with Gasteiger partial charge in [-0.25, -0.2) is 0 Å². The highest BCUT2D eigenvalue weighted by atomic mass is 35.5. The zero-order valence-corrected chi connectivity index (χ0v) is 16.2. The summed E-state index contributed by atoms with van der Waals surface area (Å²) < 4.78 is 5.46. The maximum Gasteiger partial charge on any atom is 0.242 e. The third-order valence-corrected chi connectivity index (χ3v) is 5.71. The van der Waals surface area contributed by atoms with E-state index in [1.54, 1.807) is 7.11 Å². The SMILES string of the molecule is COc1ccc(Cl)cc1CN1CCN(C2Cc3ccccc3NC2=O)CC1. The minimum Gasteiger partial charge on any atom is -0.496 e. The summed E-state index contributed by atoms with van der Waals surface area (Å²) in [6, 6.07) is 13.7. The Bertz CT molecular complexity index is 834. The fourth-order valence-electron chi connectivity index (χ4n) is 3.98. The van der Waals surface area contributed by atoms with Crippen LogP contribution in [0.15, 0.2) is 42.5 Å². The van der Waals surface area contributed by atoms with E-state index in [0.717, 1.165) is 61.2 Å². The molecular formula is C21H24ClN3O2. The highest BCUT2D eigenvalue weighted by Crippen LogP contribution is 2.27. The van der Waals surface area contributed by atoms with Gasteiger partial charge in [-0.1, -0.05) is 29.8 Å². The van der Waals surface area contributed by atoms with Crippen LogP contribution in [-0.2, 0) is 17.8 Å². The van der Waals surface area contributed by atoms with Crippen LogP contribution in [0.2, 0.25) is 5.02 Å². The van der Waals surface area contributed by atoms with Crippen molar-refractivity contribution >= 4 is 23.2 Å². The average Bonchev–Trinajstić information content (AvgIpc) is 2.68. The lowest BCUT2D eigenvalue weighted by Crippen LogP contribution is -2.55. The van der Waals surface area contributed by atoms with Crippen LogP contribution < -0.4 is 10.1 Å². The molecule has 2 aromatic carbocycles. The van der Waals surface area contributed by atoms with E-state index in [1.165, 1.54) is 5.56 Å². The van der Waals surface area contributed by atoms with Crippen LogP contribution in [0.4, 0.5) is 5.69 Å².